The fourth-order valence-corrected chi connectivity index (χ4v) is 3.32. The minimum absolute atomic E-state index is 0.0630. The van der Waals surface area contributed by atoms with Gasteiger partial charge in [0, 0.05) is 41.4 Å². The molecule has 0 spiro atoms. The molecule has 0 saturated carbocycles. The molecule has 1 aliphatic rings. The van der Waals surface area contributed by atoms with E-state index in [2.05, 4.69) is 0 Å². The number of carbonyl (C=O) groups is 1. The highest BCUT2D eigenvalue weighted by Gasteiger charge is 2.28. The van der Waals surface area contributed by atoms with E-state index in [4.69, 9.17) is 5.73 Å². The molecule has 0 aliphatic carbocycles. The summed E-state index contributed by atoms with van der Waals surface area (Å²) in [6.45, 7) is 3.03. The van der Waals surface area contributed by atoms with Gasteiger partial charge in [-0.25, -0.2) is 0 Å². The molecular formula is C14H20N2O2S. The monoisotopic (exact) mass is 280 g/mol. The Bertz CT molecular complexity index is 454. The van der Waals surface area contributed by atoms with Crippen LogP contribution in [0.3, 0.4) is 0 Å². The largest absolute Gasteiger partial charge is 0.341 e. The van der Waals surface area contributed by atoms with Crippen molar-refractivity contribution in [2.24, 2.45) is 11.7 Å². The van der Waals surface area contributed by atoms with E-state index in [9.17, 15) is 9.00 Å². The van der Waals surface area contributed by atoms with E-state index < -0.39 is 10.8 Å². The molecule has 1 heterocycles. The van der Waals surface area contributed by atoms with Crippen molar-refractivity contribution in [1.82, 2.24) is 4.90 Å². The summed E-state index contributed by atoms with van der Waals surface area (Å²) in [5.41, 5.74) is 7.14. The average molecular weight is 280 g/mol. The predicted molar refractivity (Wildman–Crippen MR) is 77.0 cm³/mol. The smallest absolute Gasteiger partial charge is 0.227 e. The molecule has 2 rings (SSSR count). The Morgan fingerprint density at radius 1 is 1.26 bits per heavy atom. The first kappa shape index (κ1) is 14.2. The Balaban J connectivity index is 2.01. The summed E-state index contributed by atoms with van der Waals surface area (Å²) in [4.78, 5) is 14.2. The molecule has 104 valence electrons. The van der Waals surface area contributed by atoms with Gasteiger partial charge in [0.1, 0.15) is 0 Å². The molecule has 2 N–H and O–H groups in total. The fraction of sp³-hybridized carbons (Fsp3) is 0.500. The van der Waals surface area contributed by atoms with Crippen molar-refractivity contribution in [2.75, 3.05) is 24.6 Å². The number of nitrogens with two attached hydrogens (primary N) is 1. The van der Waals surface area contributed by atoms with E-state index in [1.54, 1.807) is 4.90 Å². The third-order valence-corrected chi connectivity index (χ3v) is 4.88. The van der Waals surface area contributed by atoms with Crippen LogP contribution in [0.15, 0.2) is 30.3 Å². The summed E-state index contributed by atoms with van der Waals surface area (Å²) >= 11 is 0. The molecule has 2 unspecified atom stereocenters. The summed E-state index contributed by atoms with van der Waals surface area (Å²) in [6, 6.07) is 9.38. The van der Waals surface area contributed by atoms with Gasteiger partial charge in [-0.2, -0.15) is 0 Å². The molecule has 1 saturated heterocycles. The number of benzene rings is 1. The van der Waals surface area contributed by atoms with Crippen LogP contribution in [0.2, 0.25) is 0 Å². The molecule has 1 aliphatic heterocycles. The van der Waals surface area contributed by atoms with E-state index in [0.717, 1.165) is 5.56 Å². The Kier molecular flexibility index (Phi) is 4.71. The highest BCUT2D eigenvalue weighted by molar-refractivity contribution is 7.85. The van der Waals surface area contributed by atoms with Crippen LogP contribution in [-0.2, 0) is 15.6 Å². The normalized spacial score (nSPS) is 20.0. The van der Waals surface area contributed by atoms with Gasteiger partial charge in [0.25, 0.3) is 0 Å². The number of hydrogen-bond donors (Lipinski definition) is 1. The van der Waals surface area contributed by atoms with E-state index in [0.29, 0.717) is 24.6 Å². The maximum atomic E-state index is 12.4. The van der Waals surface area contributed by atoms with Crippen LogP contribution in [0, 0.1) is 5.92 Å². The third kappa shape index (κ3) is 3.42. The molecule has 0 bridgehead atoms. The van der Waals surface area contributed by atoms with Gasteiger partial charge in [-0.1, -0.05) is 37.3 Å². The molecule has 0 aromatic heterocycles. The van der Waals surface area contributed by atoms with E-state index in [-0.39, 0.29) is 17.9 Å². The summed E-state index contributed by atoms with van der Waals surface area (Å²) in [5, 5.41) is 0. The molecule has 0 radical (unpaired) electrons. The van der Waals surface area contributed by atoms with Crippen LogP contribution in [0.5, 0.6) is 0 Å². The highest BCUT2D eigenvalue weighted by atomic mass is 32.2. The van der Waals surface area contributed by atoms with Crippen molar-refractivity contribution in [3.8, 4) is 0 Å². The Morgan fingerprint density at radius 3 is 2.42 bits per heavy atom. The SMILES string of the molecule is CC(C(=O)N1CCS(=O)CC1)C(N)c1ccccc1. The first-order valence-electron chi connectivity index (χ1n) is 6.54. The summed E-state index contributed by atoms with van der Waals surface area (Å²) < 4.78 is 11.3. The average Bonchev–Trinajstić information content (AvgIpc) is 2.46. The van der Waals surface area contributed by atoms with Gasteiger partial charge in [-0.05, 0) is 5.56 Å². The van der Waals surface area contributed by atoms with Crippen LogP contribution in [0.25, 0.3) is 0 Å². The van der Waals surface area contributed by atoms with E-state index in [1.165, 1.54) is 0 Å². The molecule has 1 aromatic carbocycles. The van der Waals surface area contributed by atoms with Crippen molar-refractivity contribution in [3.05, 3.63) is 35.9 Å². The lowest BCUT2D eigenvalue weighted by atomic mass is 9.94. The van der Waals surface area contributed by atoms with Crippen LogP contribution in [-0.4, -0.2) is 39.6 Å². The van der Waals surface area contributed by atoms with Crippen molar-refractivity contribution in [1.29, 1.82) is 0 Å². The Labute approximate surface area is 116 Å². The second-order valence-corrected chi connectivity index (χ2v) is 6.59. The van der Waals surface area contributed by atoms with Crippen LogP contribution in [0.1, 0.15) is 18.5 Å². The molecule has 4 nitrogen and oxygen atoms in total. The summed E-state index contributed by atoms with van der Waals surface area (Å²) in [6.07, 6.45) is 0. The van der Waals surface area contributed by atoms with Gasteiger partial charge in [-0.15, -0.1) is 0 Å². The van der Waals surface area contributed by atoms with Crippen molar-refractivity contribution < 1.29 is 9.00 Å². The summed E-state index contributed by atoms with van der Waals surface area (Å²) in [7, 11) is -0.762. The van der Waals surface area contributed by atoms with Gasteiger partial charge in [0.05, 0.1) is 5.92 Å². The lowest BCUT2D eigenvalue weighted by Gasteiger charge is -2.31. The molecule has 1 amide bonds. The first-order chi connectivity index (χ1) is 9.09. The number of rotatable bonds is 3. The highest BCUT2D eigenvalue weighted by Crippen LogP contribution is 2.21. The van der Waals surface area contributed by atoms with Gasteiger partial charge in [-0.3, -0.25) is 9.00 Å². The Hall–Kier alpha value is -1.20. The molecule has 1 fully saturated rings. The minimum atomic E-state index is -0.762. The van der Waals surface area contributed by atoms with Crippen molar-refractivity contribution in [3.63, 3.8) is 0 Å². The predicted octanol–water partition coefficient (Wildman–Crippen LogP) is 0.913. The lowest BCUT2D eigenvalue weighted by molar-refractivity contribution is -0.135. The zero-order chi connectivity index (χ0) is 13.8. The third-order valence-electron chi connectivity index (χ3n) is 3.60. The van der Waals surface area contributed by atoms with Crippen LogP contribution < -0.4 is 5.73 Å². The first-order valence-corrected chi connectivity index (χ1v) is 8.02. The van der Waals surface area contributed by atoms with Gasteiger partial charge in [0.2, 0.25) is 5.91 Å². The van der Waals surface area contributed by atoms with Gasteiger partial charge >= 0.3 is 0 Å². The molecular weight excluding hydrogens is 260 g/mol. The second-order valence-electron chi connectivity index (χ2n) is 4.90. The minimum Gasteiger partial charge on any atom is -0.341 e. The quantitative estimate of drug-likeness (QED) is 0.895. The standard InChI is InChI=1S/C14H20N2O2S/c1-11(13(15)12-5-3-2-4-6-12)14(17)16-7-9-19(18)10-8-16/h2-6,11,13H,7-10,15H2,1H3. The maximum absolute atomic E-state index is 12.4. The van der Waals surface area contributed by atoms with Gasteiger partial charge in [0.15, 0.2) is 0 Å². The lowest BCUT2D eigenvalue weighted by Crippen LogP contribution is -2.46. The zero-order valence-corrected chi connectivity index (χ0v) is 11.9. The van der Waals surface area contributed by atoms with Crippen LogP contribution in [0.4, 0.5) is 0 Å². The molecule has 5 heteroatoms. The fourth-order valence-electron chi connectivity index (χ4n) is 2.26. The number of amides is 1. The number of nitrogens with zero attached hydrogens (tertiary/aromatic N) is 1. The number of carbonyl (C=O) groups excluding carboxylic acids is 1. The number of hydrogen-bond acceptors (Lipinski definition) is 3. The second kappa shape index (κ2) is 6.30. The van der Waals surface area contributed by atoms with Gasteiger partial charge < -0.3 is 10.6 Å². The van der Waals surface area contributed by atoms with Crippen molar-refractivity contribution >= 4 is 16.7 Å². The molecule has 1 aromatic rings. The van der Waals surface area contributed by atoms with Crippen molar-refractivity contribution in [2.45, 2.75) is 13.0 Å². The van der Waals surface area contributed by atoms with E-state index >= 15 is 0 Å². The molecule has 2 atom stereocenters. The van der Waals surface area contributed by atoms with E-state index in [1.807, 2.05) is 37.3 Å². The maximum Gasteiger partial charge on any atom is 0.227 e. The molecule has 19 heavy (non-hydrogen) atoms. The zero-order valence-electron chi connectivity index (χ0n) is 11.1. The van der Waals surface area contributed by atoms with Crippen LogP contribution >= 0.6 is 0 Å². The topological polar surface area (TPSA) is 63.4 Å². The summed E-state index contributed by atoms with van der Waals surface area (Å²) in [5.74, 6) is 0.972. The Morgan fingerprint density at radius 2 is 1.84 bits per heavy atom.